The Morgan fingerprint density at radius 1 is 1.45 bits per heavy atom. The SMILES string of the molecule is CC(NC(=O)c1cccc([N+](=O)[O-])c1Br)C1CCCC1. The molecule has 2 rings (SSSR count). The molecule has 0 spiro atoms. The van der Waals surface area contributed by atoms with Crippen LogP contribution in [0.25, 0.3) is 0 Å². The average molecular weight is 341 g/mol. The lowest BCUT2D eigenvalue weighted by atomic mass is 9.99. The summed E-state index contributed by atoms with van der Waals surface area (Å²) < 4.78 is 0.237. The molecule has 1 unspecified atom stereocenters. The van der Waals surface area contributed by atoms with Crippen molar-refractivity contribution in [3.8, 4) is 0 Å². The summed E-state index contributed by atoms with van der Waals surface area (Å²) in [5.41, 5.74) is 0.218. The average Bonchev–Trinajstić information content (AvgIpc) is 2.92. The maximum absolute atomic E-state index is 12.2. The molecule has 1 aliphatic rings. The van der Waals surface area contributed by atoms with E-state index in [-0.39, 0.29) is 22.1 Å². The molecule has 1 fully saturated rings. The van der Waals surface area contributed by atoms with Gasteiger partial charge in [0.2, 0.25) is 0 Å². The number of nitro benzene ring substituents is 1. The van der Waals surface area contributed by atoms with Gasteiger partial charge in [-0.25, -0.2) is 0 Å². The summed E-state index contributed by atoms with van der Waals surface area (Å²) in [5, 5.41) is 13.8. The van der Waals surface area contributed by atoms with Gasteiger partial charge in [0, 0.05) is 12.1 Å². The van der Waals surface area contributed by atoms with Gasteiger partial charge in [0.25, 0.3) is 11.6 Å². The van der Waals surface area contributed by atoms with Gasteiger partial charge in [-0.3, -0.25) is 14.9 Å². The van der Waals surface area contributed by atoms with Gasteiger partial charge in [0.05, 0.1) is 10.5 Å². The summed E-state index contributed by atoms with van der Waals surface area (Å²) in [6, 6.07) is 4.59. The van der Waals surface area contributed by atoms with Crippen molar-refractivity contribution in [2.75, 3.05) is 0 Å². The molecule has 1 N–H and O–H groups in total. The molecule has 0 bridgehead atoms. The molecule has 0 aliphatic heterocycles. The first-order valence-corrected chi connectivity index (χ1v) is 7.53. The Hall–Kier alpha value is -1.43. The smallest absolute Gasteiger partial charge is 0.284 e. The number of rotatable bonds is 4. The minimum Gasteiger partial charge on any atom is -0.349 e. The van der Waals surface area contributed by atoms with Crippen molar-refractivity contribution < 1.29 is 9.72 Å². The zero-order chi connectivity index (χ0) is 14.7. The quantitative estimate of drug-likeness (QED) is 0.671. The van der Waals surface area contributed by atoms with Crippen LogP contribution in [0.4, 0.5) is 5.69 Å². The minimum absolute atomic E-state index is 0.0915. The number of hydrogen-bond donors (Lipinski definition) is 1. The Balaban J connectivity index is 2.13. The number of benzene rings is 1. The molecule has 0 aromatic heterocycles. The molecule has 1 aromatic rings. The number of nitrogens with zero attached hydrogens (tertiary/aromatic N) is 1. The summed E-state index contributed by atoms with van der Waals surface area (Å²) in [6.45, 7) is 2.00. The van der Waals surface area contributed by atoms with Crippen molar-refractivity contribution in [2.24, 2.45) is 5.92 Å². The van der Waals surface area contributed by atoms with E-state index in [2.05, 4.69) is 21.2 Å². The van der Waals surface area contributed by atoms with Crippen LogP contribution in [0, 0.1) is 16.0 Å². The fourth-order valence-electron chi connectivity index (χ4n) is 2.70. The fourth-order valence-corrected chi connectivity index (χ4v) is 3.29. The van der Waals surface area contributed by atoms with Crippen molar-refractivity contribution in [3.05, 3.63) is 38.3 Å². The first-order valence-electron chi connectivity index (χ1n) is 6.74. The van der Waals surface area contributed by atoms with E-state index in [4.69, 9.17) is 0 Å². The highest BCUT2D eigenvalue weighted by atomic mass is 79.9. The summed E-state index contributed by atoms with van der Waals surface area (Å²) in [6.07, 6.45) is 4.70. The van der Waals surface area contributed by atoms with Crippen molar-refractivity contribution in [1.29, 1.82) is 0 Å². The van der Waals surface area contributed by atoms with Crippen LogP contribution in [-0.4, -0.2) is 16.9 Å². The normalized spacial score (nSPS) is 16.9. The van der Waals surface area contributed by atoms with E-state index in [1.165, 1.54) is 25.0 Å². The van der Waals surface area contributed by atoms with Crippen LogP contribution in [-0.2, 0) is 0 Å². The second-order valence-electron chi connectivity index (χ2n) is 5.20. The second-order valence-corrected chi connectivity index (χ2v) is 6.00. The lowest BCUT2D eigenvalue weighted by molar-refractivity contribution is -0.385. The molecule has 1 amide bonds. The number of nitro groups is 1. The van der Waals surface area contributed by atoms with Gasteiger partial charge in [-0.1, -0.05) is 18.9 Å². The van der Waals surface area contributed by atoms with Gasteiger partial charge in [0.1, 0.15) is 4.47 Å². The second kappa shape index (κ2) is 6.35. The highest BCUT2D eigenvalue weighted by Crippen LogP contribution is 2.30. The predicted molar refractivity (Wildman–Crippen MR) is 79.7 cm³/mol. The maximum atomic E-state index is 12.2. The molecule has 0 heterocycles. The van der Waals surface area contributed by atoms with Crippen molar-refractivity contribution in [3.63, 3.8) is 0 Å². The molecule has 0 saturated heterocycles. The Kier molecular flexibility index (Phi) is 4.75. The molecule has 5 nitrogen and oxygen atoms in total. The Bertz CT molecular complexity index is 527. The Morgan fingerprint density at radius 3 is 2.70 bits per heavy atom. The fraction of sp³-hybridized carbons (Fsp3) is 0.500. The molecule has 0 radical (unpaired) electrons. The topological polar surface area (TPSA) is 72.2 Å². The number of amides is 1. The Morgan fingerprint density at radius 2 is 2.10 bits per heavy atom. The van der Waals surface area contributed by atoms with Gasteiger partial charge in [0.15, 0.2) is 0 Å². The summed E-state index contributed by atoms with van der Waals surface area (Å²) >= 11 is 3.15. The summed E-state index contributed by atoms with van der Waals surface area (Å²) in [7, 11) is 0. The molecule has 1 atom stereocenters. The van der Waals surface area contributed by atoms with E-state index in [0.717, 1.165) is 12.8 Å². The van der Waals surface area contributed by atoms with Crippen LogP contribution >= 0.6 is 15.9 Å². The third kappa shape index (κ3) is 3.17. The van der Waals surface area contributed by atoms with Crippen LogP contribution in [0.1, 0.15) is 43.0 Å². The van der Waals surface area contributed by atoms with Gasteiger partial charge < -0.3 is 5.32 Å². The molecule has 1 aliphatic carbocycles. The standard InChI is InChI=1S/C14H17BrN2O3/c1-9(10-5-2-3-6-10)16-14(18)11-7-4-8-12(13(11)15)17(19)20/h4,7-10H,2-3,5-6H2,1H3,(H,16,18). The third-order valence-corrected chi connectivity index (χ3v) is 4.72. The number of carbonyl (C=O) groups excluding carboxylic acids is 1. The zero-order valence-electron chi connectivity index (χ0n) is 11.3. The summed E-state index contributed by atoms with van der Waals surface area (Å²) in [4.78, 5) is 22.6. The van der Waals surface area contributed by atoms with Crippen LogP contribution in [0.3, 0.4) is 0 Å². The van der Waals surface area contributed by atoms with Crippen LogP contribution in [0.2, 0.25) is 0 Å². The molecule has 1 aromatic carbocycles. The lowest BCUT2D eigenvalue weighted by Crippen LogP contribution is -2.37. The van der Waals surface area contributed by atoms with Crippen molar-refractivity contribution in [1.82, 2.24) is 5.32 Å². The Labute approximate surface area is 126 Å². The van der Waals surface area contributed by atoms with E-state index in [0.29, 0.717) is 11.5 Å². The lowest BCUT2D eigenvalue weighted by Gasteiger charge is -2.20. The van der Waals surface area contributed by atoms with Gasteiger partial charge in [-0.15, -0.1) is 0 Å². The molecular weight excluding hydrogens is 324 g/mol. The molecule has 108 valence electrons. The zero-order valence-corrected chi connectivity index (χ0v) is 12.9. The first kappa shape index (κ1) is 15.0. The van der Waals surface area contributed by atoms with Crippen LogP contribution in [0.15, 0.2) is 22.7 Å². The predicted octanol–water partition coefficient (Wildman–Crippen LogP) is 3.67. The van der Waals surface area contributed by atoms with Gasteiger partial charge in [-0.2, -0.15) is 0 Å². The molecule has 1 saturated carbocycles. The summed E-state index contributed by atoms with van der Waals surface area (Å²) in [5.74, 6) is 0.247. The molecule has 6 heteroatoms. The maximum Gasteiger partial charge on any atom is 0.284 e. The number of hydrogen-bond acceptors (Lipinski definition) is 3. The minimum atomic E-state index is -0.499. The first-order chi connectivity index (χ1) is 9.50. The van der Waals surface area contributed by atoms with E-state index in [1.54, 1.807) is 6.07 Å². The molecular formula is C14H17BrN2O3. The molecule has 20 heavy (non-hydrogen) atoms. The van der Waals surface area contributed by atoms with E-state index in [1.807, 2.05) is 6.92 Å². The van der Waals surface area contributed by atoms with E-state index < -0.39 is 4.92 Å². The van der Waals surface area contributed by atoms with Crippen LogP contribution < -0.4 is 5.32 Å². The van der Waals surface area contributed by atoms with E-state index in [9.17, 15) is 14.9 Å². The monoisotopic (exact) mass is 340 g/mol. The van der Waals surface area contributed by atoms with Gasteiger partial charge in [-0.05, 0) is 47.7 Å². The van der Waals surface area contributed by atoms with E-state index >= 15 is 0 Å². The van der Waals surface area contributed by atoms with Crippen LogP contribution in [0.5, 0.6) is 0 Å². The third-order valence-electron chi connectivity index (χ3n) is 3.89. The van der Waals surface area contributed by atoms with Crippen molar-refractivity contribution >= 4 is 27.5 Å². The van der Waals surface area contributed by atoms with Crippen molar-refractivity contribution in [2.45, 2.75) is 38.6 Å². The highest BCUT2D eigenvalue weighted by Gasteiger charge is 2.25. The number of halogens is 1. The largest absolute Gasteiger partial charge is 0.349 e. The van der Waals surface area contributed by atoms with Gasteiger partial charge >= 0.3 is 0 Å². The highest BCUT2D eigenvalue weighted by molar-refractivity contribution is 9.10. The number of nitrogens with one attached hydrogen (secondary N) is 1. The number of carbonyl (C=O) groups is 1.